The number of nitrogens with two attached hydrogens (primary N) is 1. The van der Waals surface area contributed by atoms with Gasteiger partial charge in [0.2, 0.25) is 0 Å². The number of hydrogen-bond acceptors (Lipinski definition) is 3. The Labute approximate surface area is 115 Å². The van der Waals surface area contributed by atoms with Crippen LogP contribution in [0.15, 0.2) is 24.3 Å². The molecule has 0 unspecified atom stereocenters. The van der Waals surface area contributed by atoms with Crippen molar-refractivity contribution in [1.82, 2.24) is 0 Å². The summed E-state index contributed by atoms with van der Waals surface area (Å²) in [5, 5.41) is 2.89. The molecule has 0 spiro atoms. The fourth-order valence-electron chi connectivity index (χ4n) is 1.81. The van der Waals surface area contributed by atoms with Crippen LogP contribution in [0.5, 0.6) is 0 Å². The molecule has 94 valence electrons. The van der Waals surface area contributed by atoms with E-state index in [0.29, 0.717) is 14.9 Å². The average molecular weight is 281 g/mol. The van der Waals surface area contributed by atoms with Gasteiger partial charge in [-0.2, -0.15) is 0 Å². The van der Waals surface area contributed by atoms with Crippen LogP contribution in [0.1, 0.15) is 20.8 Å². The zero-order chi connectivity index (χ0) is 13.3. The van der Waals surface area contributed by atoms with E-state index in [4.69, 9.17) is 17.3 Å². The first kappa shape index (κ1) is 12.9. The van der Waals surface area contributed by atoms with Crippen LogP contribution >= 0.6 is 22.9 Å². The third-order valence-corrected chi connectivity index (χ3v) is 3.82. The lowest BCUT2D eigenvalue weighted by Gasteiger charge is -2.11. The van der Waals surface area contributed by atoms with Crippen molar-refractivity contribution in [2.75, 3.05) is 11.1 Å². The van der Waals surface area contributed by atoms with Gasteiger partial charge in [0.05, 0.1) is 9.21 Å². The summed E-state index contributed by atoms with van der Waals surface area (Å²) in [4.78, 5) is 12.6. The standard InChI is InChI=1S/C13H13ClN2OS/c1-7-5-9(15)6-8(2)12(7)16-13(17)10-3-4-11(14)18-10/h3-6H,15H2,1-2H3,(H,16,17). The molecule has 5 heteroatoms. The van der Waals surface area contributed by atoms with Crippen molar-refractivity contribution in [3.63, 3.8) is 0 Å². The number of thiophene rings is 1. The third kappa shape index (κ3) is 2.66. The first-order chi connectivity index (χ1) is 8.47. The lowest BCUT2D eigenvalue weighted by molar-refractivity contribution is 0.103. The van der Waals surface area contributed by atoms with Gasteiger partial charge in [0, 0.05) is 11.4 Å². The van der Waals surface area contributed by atoms with Crippen molar-refractivity contribution in [3.05, 3.63) is 44.6 Å². The number of hydrogen-bond donors (Lipinski definition) is 2. The molecule has 0 aliphatic rings. The summed E-state index contributed by atoms with van der Waals surface area (Å²) in [6.07, 6.45) is 0. The minimum absolute atomic E-state index is 0.150. The predicted octanol–water partition coefficient (Wildman–Crippen LogP) is 3.85. The number of benzene rings is 1. The molecule has 2 rings (SSSR count). The maximum absolute atomic E-state index is 12.0. The van der Waals surface area contributed by atoms with Gasteiger partial charge >= 0.3 is 0 Å². The Morgan fingerprint density at radius 1 is 1.28 bits per heavy atom. The monoisotopic (exact) mass is 280 g/mol. The van der Waals surface area contributed by atoms with Gasteiger partial charge in [-0.3, -0.25) is 4.79 Å². The fourth-order valence-corrected chi connectivity index (χ4v) is 2.74. The van der Waals surface area contributed by atoms with Gasteiger partial charge in [0.15, 0.2) is 0 Å². The van der Waals surface area contributed by atoms with Gasteiger partial charge in [-0.15, -0.1) is 11.3 Å². The minimum Gasteiger partial charge on any atom is -0.399 e. The normalized spacial score (nSPS) is 10.4. The molecular weight excluding hydrogens is 268 g/mol. The second-order valence-corrected chi connectivity index (χ2v) is 5.80. The van der Waals surface area contributed by atoms with E-state index in [1.54, 1.807) is 12.1 Å². The van der Waals surface area contributed by atoms with Crippen LogP contribution in [0, 0.1) is 13.8 Å². The molecule has 0 saturated heterocycles. The lowest BCUT2D eigenvalue weighted by atomic mass is 10.1. The Morgan fingerprint density at radius 2 is 1.89 bits per heavy atom. The van der Waals surface area contributed by atoms with Crippen LogP contribution in [-0.2, 0) is 0 Å². The van der Waals surface area contributed by atoms with Crippen molar-refractivity contribution >= 4 is 40.2 Å². The van der Waals surface area contributed by atoms with Gasteiger partial charge in [-0.05, 0) is 49.2 Å². The number of carbonyl (C=O) groups is 1. The Bertz CT molecular complexity index is 584. The van der Waals surface area contributed by atoms with Crippen molar-refractivity contribution < 1.29 is 4.79 Å². The molecule has 1 heterocycles. The topological polar surface area (TPSA) is 55.1 Å². The van der Waals surface area contributed by atoms with Crippen LogP contribution in [0.2, 0.25) is 4.34 Å². The molecule has 1 aromatic heterocycles. The van der Waals surface area contributed by atoms with Crippen molar-refractivity contribution in [2.45, 2.75) is 13.8 Å². The molecule has 0 aliphatic heterocycles. The number of amides is 1. The van der Waals surface area contributed by atoms with Crippen LogP contribution in [0.25, 0.3) is 0 Å². The minimum atomic E-state index is -0.150. The largest absolute Gasteiger partial charge is 0.399 e. The quantitative estimate of drug-likeness (QED) is 0.821. The lowest BCUT2D eigenvalue weighted by Crippen LogP contribution is -2.12. The highest BCUT2D eigenvalue weighted by Gasteiger charge is 2.12. The molecule has 3 N–H and O–H groups in total. The molecule has 0 fully saturated rings. The molecule has 1 amide bonds. The van der Waals surface area contributed by atoms with E-state index in [1.807, 2.05) is 26.0 Å². The Kier molecular flexibility index (Phi) is 3.59. The first-order valence-corrected chi connectivity index (χ1v) is 6.60. The van der Waals surface area contributed by atoms with Crippen LogP contribution in [0.3, 0.4) is 0 Å². The van der Waals surface area contributed by atoms with E-state index in [1.165, 1.54) is 11.3 Å². The van der Waals surface area contributed by atoms with Crippen LogP contribution in [-0.4, -0.2) is 5.91 Å². The van der Waals surface area contributed by atoms with Crippen LogP contribution < -0.4 is 11.1 Å². The molecule has 3 nitrogen and oxygen atoms in total. The molecule has 0 bridgehead atoms. The number of nitrogen functional groups attached to an aromatic ring is 1. The SMILES string of the molecule is Cc1cc(N)cc(C)c1NC(=O)c1ccc(Cl)s1. The smallest absolute Gasteiger partial charge is 0.265 e. The Balaban J connectivity index is 2.27. The molecule has 0 radical (unpaired) electrons. The van der Waals surface area contributed by atoms with E-state index in [9.17, 15) is 4.79 Å². The predicted molar refractivity (Wildman–Crippen MR) is 77.6 cm³/mol. The Morgan fingerprint density at radius 3 is 2.39 bits per heavy atom. The second-order valence-electron chi connectivity index (χ2n) is 4.09. The zero-order valence-electron chi connectivity index (χ0n) is 10.1. The van der Waals surface area contributed by atoms with E-state index >= 15 is 0 Å². The summed E-state index contributed by atoms with van der Waals surface area (Å²) >= 11 is 7.07. The maximum Gasteiger partial charge on any atom is 0.265 e. The summed E-state index contributed by atoms with van der Waals surface area (Å²) in [5.41, 5.74) is 9.14. The summed E-state index contributed by atoms with van der Waals surface area (Å²) < 4.78 is 0.603. The highest BCUT2D eigenvalue weighted by Crippen LogP contribution is 2.26. The van der Waals surface area contributed by atoms with E-state index < -0.39 is 0 Å². The summed E-state index contributed by atoms with van der Waals surface area (Å²) in [6, 6.07) is 7.10. The van der Waals surface area contributed by atoms with E-state index in [-0.39, 0.29) is 5.91 Å². The van der Waals surface area contributed by atoms with Gasteiger partial charge in [0.25, 0.3) is 5.91 Å². The van der Waals surface area contributed by atoms with Gasteiger partial charge in [-0.25, -0.2) is 0 Å². The van der Waals surface area contributed by atoms with Gasteiger partial charge in [0.1, 0.15) is 0 Å². The number of halogens is 1. The number of anilines is 2. The molecule has 18 heavy (non-hydrogen) atoms. The highest BCUT2D eigenvalue weighted by molar-refractivity contribution is 7.18. The van der Waals surface area contributed by atoms with Gasteiger partial charge < -0.3 is 11.1 Å². The summed E-state index contributed by atoms with van der Waals surface area (Å²) in [6.45, 7) is 3.83. The molecule has 1 aromatic carbocycles. The second kappa shape index (κ2) is 5.00. The molecule has 0 atom stereocenters. The number of carbonyl (C=O) groups excluding carboxylic acids is 1. The maximum atomic E-state index is 12.0. The summed E-state index contributed by atoms with van der Waals surface area (Å²) in [5.74, 6) is -0.150. The zero-order valence-corrected chi connectivity index (χ0v) is 11.7. The van der Waals surface area contributed by atoms with Crippen molar-refractivity contribution in [2.24, 2.45) is 0 Å². The molecular formula is C13H13ClN2OS. The van der Waals surface area contributed by atoms with Crippen molar-refractivity contribution in [1.29, 1.82) is 0 Å². The first-order valence-electron chi connectivity index (χ1n) is 5.41. The van der Waals surface area contributed by atoms with E-state index in [0.717, 1.165) is 16.8 Å². The number of rotatable bonds is 2. The highest BCUT2D eigenvalue weighted by atomic mass is 35.5. The molecule has 0 aliphatic carbocycles. The van der Waals surface area contributed by atoms with Crippen molar-refractivity contribution in [3.8, 4) is 0 Å². The molecule has 0 saturated carbocycles. The summed E-state index contributed by atoms with van der Waals surface area (Å²) in [7, 11) is 0. The number of aryl methyl sites for hydroxylation is 2. The van der Waals surface area contributed by atoms with Crippen LogP contribution in [0.4, 0.5) is 11.4 Å². The average Bonchev–Trinajstić information content (AvgIpc) is 2.70. The molecule has 2 aromatic rings. The van der Waals surface area contributed by atoms with E-state index in [2.05, 4.69) is 5.32 Å². The fraction of sp³-hybridized carbons (Fsp3) is 0.154. The van der Waals surface area contributed by atoms with Gasteiger partial charge in [-0.1, -0.05) is 11.6 Å². The third-order valence-electron chi connectivity index (χ3n) is 2.59. The Hall–Kier alpha value is -1.52. The number of nitrogens with one attached hydrogen (secondary N) is 1.